The summed E-state index contributed by atoms with van der Waals surface area (Å²) in [5, 5.41) is 6.44. The van der Waals surface area contributed by atoms with Crippen LogP contribution in [0.5, 0.6) is 0 Å². The zero-order valence-electron chi connectivity index (χ0n) is 10.2. The molecule has 1 amide bonds. The van der Waals surface area contributed by atoms with Crippen LogP contribution in [0.3, 0.4) is 0 Å². The first kappa shape index (κ1) is 12.1. The summed E-state index contributed by atoms with van der Waals surface area (Å²) in [5.74, 6) is -0.00260. The van der Waals surface area contributed by atoms with Crippen LogP contribution in [-0.2, 0) is 4.79 Å². The van der Waals surface area contributed by atoms with Crippen molar-refractivity contribution in [2.45, 2.75) is 27.2 Å². The van der Waals surface area contributed by atoms with Gasteiger partial charge in [-0.2, -0.15) is 5.10 Å². The second kappa shape index (κ2) is 4.15. The highest BCUT2D eigenvalue weighted by Gasteiger charge is 2.31. The van der Waals surface area contributed by atoms with Crippen molar-refractivity contribution in [3.63, 3.8) is 0 Å². The minimum atomic E-state index is -0.0804. The van der Waals surface area contributed by atoms with E-state index in [0.29, 0.717) is 11.4 Å². The lowest BCUT2D eigenvalue weighted by Crippen LogP contribution is -2.20. The number of hydrogen-bond acceptors (Lipinski definition) is 2. The minimum absolute atomic E-state index is 0.00260. The Bertz CT molecular complexity index is 488. The average Bonchev–Trinajstić information content (AvgIpc) is 2.60. The number of halogens is 1. The molecule has 1 aliphatic heterocycles. The summed E-state index contributed by atoms with van der Waals surface area (Å²) in [6, 6.07) is 7.17. The van der Waals surface area contributed by atoms with Crippen molar-refractivity contribution in [1.29, 1.82) is 0 Å². The fraction of sp³-hybridized carbons (Fsp3) is 0.385. The van der Waals surface area contributed by atoms with E-state index in [0.717, 1.165) is 11.4 Å². The van der Waals surface area contributed by atoms with Crippen molar-refractivity contribution < 1.29 is 4.79 Å². The van der Waals surface area contributed by atoms with Crippen LogP contribution in [0, 0.1) is 5.41 Å². The largest absolute Gasteiger partial charge is 0.272 e. The number of anilines is 1. The quantitative estimate of drug-likeness (QED) is 0.751. The number of amides is 1. The van der Waals surface area contributed by atoms with Crippen LogP contribution in [0.25, 0.3) is 0 Å². The van der Waals surface area contributed by atoms with E-state index in [1.807, 2.05) is 12.1 Å². The maximum atomic E-state index is 11.9. The first-order valence-electron chi connectivity index (χ1n) is 5.54. The molecule has 3 nitrogen and oxygen atoms in total. The zero-order valence-corrected chi connectivity index (χ0v) is 11.0. The summed E-state index contributed by atoms with van der Waals surface area (Å²) in [4.78, 5) is 11.9. The van der Waals surface area contributed by atoms with E-state index in [2.05, 4.69) is 25.9 Å². The molecule has 0 fully saturated rings. The van der Waals surface area contributed by atoms with Gasteiger partial charge in [-0.3, -0.25) is 4.79 Å². The molecule has 0 spiro atoms. The van der Waals surface area contributed by atoms with Crippen LogP contribution in [0.15, 0.2) is 29.4 Å². The van der Waals surface area contributed by atoms with E-state index >= 15 is 0 Å². The average molecular weight is 251 g/mol. The van der Waals surface area contributed by atoms with Crippen molar-refractivity contribution in [2.24, 2.45) is 10.5 Å². The fourth-order valence-electron chi connectivity index (χ4n) is 1.65. The maximum Gasteiger partial charge on any atom is 0.253 e. The molecule has 0 N–H and O–H groups in total. The van der Waals surface area contributed by atoms with Crippen LogP contribution in [0.1, 0.15) is 27.2 Å². The van der Waals surface area contributed by atoms with Crippen LogP contribution in [0.4, 0.5) is 5.69 Å². The van der Waals surface area contributed by atoms with Crippen molar-refractivity contribution in [1.82, 2.24) is 0 Å². The fourth-order valence-corrected chi connectivity index (χ4v) is 1.84. The molecule has 0 saturated carbocycles. The Morgan fingerprint density at radius 2 is 2.06 bits per heavy atom. The van der Waals surface area contributed by atoms with E-state index < -0.39 is 0 Å². The van der Waals surface area contributed by atoms with Crippen molar-refractivity contribution in [2.75, 3.05) is 5.01 Å². The lowest BCUT2D eigenvalue weighted by Gasteiger charge is -2.16. The van der Waals surface area contributed by atoms with Gasteiger partial charge in [0, 0.05) is 10.4 Å². The predicted molar refractivity (Wildman–Crippen MR) is 70.4 cm³/mol. The Labute approximate surface area is 106 Å². The zero-order chi connectivity index (χ0) is 12.6. The third kappa shape index (κ3) is 2.50. The monoisotopic (exact) mass is 250 g/mol. The van der Waals surface area contributed by atoms with Gasteiger partial charge in [-0.25, -0.2) is 5.01 Å². The number of carbonyl (C=O) groups is 1. The standard InChI is InChI=1S/C13H15ClN2O/c1-13(2,3)11-8-12(17)16(15-11)10-6-4-5-9(14)7-10/h4-7H,8H2,1-3H3. The molecule has 0 aromatic heterocycles. The van der Waals surface area contributed by atoms with Crippen molar-refractivity contribution in [3.8, 4) is 0 Å². The van der Waals surface area contributed by atoms with E-state index in [4.69, 9.17) is 11.6 Å². The molecule has 0 radical (unpaired) electrons. The molecule has 1 aliphatic rings. The Balaban J connectivity index is 2.34. The molecule has 1 heterocycles. The van der Waals surface area contributed by atoms with Gasteiger partial charge in [-0.15, -0.1) is 0 Å². The molecule has 0 bridgehead atoms. The molecule has 90 valence electrons. The van der Waals surface area contributed by atoms with Gasteiger partial charge >= 0.3 is 0 Å². The van der Waals surface area contributed by atoms with Gasteiger partial charge in [0.05, 0.1) is 17.8 Å². The highest BCUT2D eigenvalue weighted by Crippen LogP contribution is 2.29. The number of rotatable bonds is 1. The van der Waals surface area contributed by atoms with E-state index in [1.165, 1.54) is 5.01 Å². The third-order valence-corrected chi connectivity index (χ3v) is 2.93. The van der Waals surface area contributed by atoms with Gasteiger partial charge in [-0.05, 0) is 18.2 Å². The molecule has 2 rings (SSSR count). The van der Waals surface area contributed by atoms with Crippen molar-refractivity contribution >= 4 is 28.9 Å². The number of hydrazone groups is 1. The smallest absolute Gasteiger partial charge is 0.253 e. The molecular formula is C13H15ClN2O. The second-order valence-corrected chi connectivity index (χ2v) is 5.60. The number of nitrogens with zero attached hydrogens (tertiary/aromatic N) is 2. The molecule has 0 saturated heterocycles. The van der Waals surface area contributed by atoms with Crippen LogP contribution in [0.2, 0.25) is 5.02 Å². The minimum Gasteiger partial charge on any atom is -0.272 e. The summed E-state index contributed by atoms with van der Waals surface area (Å²) >= 11 is 5.91. The van der Waals surface area contributed by atoms with Crippen LogP contribution < -0.4 is 5.01 Å². The highest BCUT2D eigenvalue weighted by atomic mass is 35.5. The molecular weight excluding hydrogens is 236 g/mol. The number of carbonyl (C=O) groups excluding carboxylic acids is 1. The van der Waals surface area contributed by atoms with Gasteiger partial charge < -0.3 is 0 Å². The maximum absolute atomic E-state index is 11.9. The second-order valence-electron chi connectivity index (χ2n) is 5.16. The Kier molecular flexibility index (Phi) is 2.96. The molecule has 1 aromatic carbocycles. The summed E-state index contributed by atoms with van der Waals surface area (Å²) in [5.41, 5.74) is 1.55. The summed E-state index contributed by atoms with van der Waals surface area (Å²) in [6.45, 7) is 6.17. The van der Waals surface area contributed by atoms with Crippen LogP contribution >= 0.6 is 11.6 Å². The number of hydrogen-bond donors (Lipinski definition) is 0. The van der Waals surface area contributed by atoms with Gasteiger partial charge in [0.2, 0.25) is 0 Å². The van der Waals surface area contributed by atoms with Gasteiger partial charge in [0.25, 0.3) is 5.91 Å². The molecule has 17 heavy (non-hydrogen) atoms. The summed E-state index contributed by atoms with van der Waals surface area (Å²) in [6.07, 6.45) is 0.385. The van der Waals surface area contributed by atoms with Gasteiger partial charge in [0.15, 0.2) is 0 Å². The lowest BCUT2D eigenvalue weighted by molar-refractivity contribution is -0.116. The van der Waals surface area contributed by atoms with Gasteiger partial charge in [-0.1, -0.05) is 38.4 Å². The highest BCUT2D eigenvalue weighted by molar-refractivity contribution is 6.31. The van der Waals surface area contributed by atoms with Crippen LogP contribution in [-0.4, -0.2) is 11.6 Å². The Morgan fingerprint density at radius 1 is 1.35 bits per heavy atom. The van der Waals surface area contributed by atoms with Crippen molar-refractivity contribution in [3.05, 3.63) is 29.3 Å². The Morgan fingerprint density at radius 3 is 2.59 bits per heavy atom. The predicted octanol–water partition coefficient (Wildman–Crippen LogP) is 3.48. The molecule has 0 aliphatic carbocycles. The van der Waals surface area contributed by atoms with E-state index in [-0.39, 0.29) is 11.3 Å². The SMILES string of the molecule is CC(C)(C)C1=NN(c2cccc(Cl)c2)C(=O)C1. The summed E-state index contributed by atoms with van der Waals surface area (Å²) in [7, 11) is 0. The molecule has 0 unspecified atom stereocenters. The molecule has 1 aromatic rings. The lowest BCUT2D eigenvalue weighted by atomic mass is 9.88. The number of benzene rings is 1. The molecule has 0 atom stereocenters. The topological polar surface area (TPSA) is 32.7 Å². The van der Waals surface area contributed by atoms with Gasteiger partial charge in [0.1, 0.15) is 0 Å². The first-order valence-corrected chi connectivity index (χ1v) is 5.92. The first-order chi connectivity index (χ1) is 7.88. The van der Waals surface area contributed by atoms with E-state index in [9.17, 15) is 4.79 Å². The molecule has 4 heteroatoms. The summed E-state index contributed by atoms with van der Waals surface area (Å²) < 4.78 is 0. The normalized spacial score (nSPS) is 16.4. The Hall–Kier alpha value is -1.35. The van der Waals surface area contributed by atoms with E-state index in [1.54, 1.807) is 12.1 Å². The third-order valence-electron chi connectivity index (χ3n) is 2.69.